The normalized spacial score (nSPS) is 19.1. The molecule has 10 nitrogen and oxygen atoms in total. The highest BCUT2D eigenvalue weighted by molar-refractivity contribution is 6.35. The molecule has 0 aliphatic carbocycles. The van der Waals surface area contributed by atoms with E-state index >= 15 is 0 Å². The summed E-state index contributed by atoms with van der Waals surface area (Å²) in [5.74, 6) is 0.378. The molecule has 4 aromatic rings. The number of halogens is 4. The minimum atomic E-state index is -3.06. The van der Waals surface area contributed by atoms with Crippen molar-refractivity contribution in [1.29, 1.82) is 0 Å². The molecule has 14 heteroatoms. The summed E-state index contributed by atoms with van der Waals surface area (Å²) in [6.07, 6.45) is 3.93. The maximum Gasteiger partial charge on any atom is 0.387 e. The fourth-order valence-corrected chi connectivity index (χ4v) is 7.50. The molecule has 4 heterocycles. The van der Waals surface area contributed by atoms with E-state index in [2.05, 4.69) is 9.88 Å². The summed E-state index contributed by atoms with van der Waals surface area (Å²) in [4.78, 5) is 20.1. The van der Waals surface area contributed by atoms with Crippen molar-refractivity contribution in [3.8, 4) is 17.2 Å². The van der Waals surface area contributed by atoms with Crippen molar-refractivity contribution in [2.45, 2.75) is 50.9 Å². The van der Waals surface area contributed by atoms with Gasteiger partial charge in [0.25, 0.3) is 0 Å². The molecular formula is C39H42Cl2F2N3O7+. The number of nitrogens with zero attached hydrogens (tertiary/aromatic N) is 2. The molecule has 2 bridgehead atoms. The van der Waals surface area contributed by atoms with Crippen LogP contribution >= 0.6 is 23.2 Å². The van der Waals surface area contributed by atoms with Crippen LogP contribution in [0.3, 0.4) is 0 Å². The highest BCUT2D eigenvalue weighted by Crippen LogP contribution is 2.37. The first-order chi connectivity index (χ1) is 25.6. The molecule has 7 rings (SSSR count). The van der Waals surface area contributed by atoms with Gasteiger partial charge in [-0.15, -0.1) is 0 Å². The molecule has 0 amide bonds. The molecular weight excluding hydrogens is 731 g/mol. The Morgan fingerprint density at radius 2 is 1.66 bits per heavy atom. The second-order valence-corrected chi connectivity index (χ2v) is 13.9. The predicted octanol–water partition coefficient (Wildman–Crippen LogP) is 7.00. The zero-order valence-corrected chi connectivity index (χ0v) is 30.9. The topological polar surface area (TPSA) is 104 Å². The molecule has 0 saturated carbocycles. The van der Waals surface area contributed by atoms with Crippen LogP contribution in [-0.2, 0) is 22.4 Å². The number of carbonyl (C=O) groups is 1. The summed E-state index contributed by atoms with van der Waals surface area (Å²) < 4.78 is 54.6. The fraction of sp³-hybridized carbons (Fsp3) is 0.385. The average Bonchev–Trinajstić information content (AvgIpc) is 3.17. The van der Waals surface area contributed by atoms with E-state index in [0.29, 0.717) is 57.1 Å². The standard InChI is InChI=1S/C39H41Cl2F2N3O7/c1-49-34-12-11-27(18-35(34)50-2)28(17-29-30(40)19-44-20-31(29)41)23-51-37(47)26-9-7-24(8-10-26)21-46(32-5-3-4-6-33(32)52-38(42)43)39(48)53-36-22-45-15-13-25(36)14-16-45/h3-12,18-20,25,28,36,38-39,48H,13-17,21-23H2,1-2H3/p+1/t28-,36+,39?/m1/s1. The van der Waals surface area contributed by atoms with E-state index in [0.717, 1.165) is 31.5 Å². The Balaban J connectivity index is 1.19. The quantitative estimate of drug-likeness (QED) is 0.0953. The number of aromatic nitrogens is 1. The zero-order chi connectivity index (χ0) is 37.5. The summed E-state index contributed by atoms with van der Waals surface area (Å²) in [6, 6.07) is 18.4. The number of H-pyrrole nitrogens is 1. The number of hydrogen-bond acceptors (Lipinski definition) is 9. The van der Waals surface area contributed by atoms with Crippen molar-refractivity contribution in [3.63, 3.8) is 0 Å². The SMILES string of the molecule is COc1ccc([C@@H](COC(=O)c2ccc(CN(c3ccccc3OC(F)F)C(O)O[C@H]3CN4CCC3CC4)cc2)Cc2c(Cl)c[nH+]cc2Cl)cc1OC. The van der Waals surface area contributed by atoms with Gasteiger partial charge in [-0.1, -0.05) is 53.5 Å². The molecule has 53 heavy (non-hydrogen) atoms. The first-order valence-electron chi connectivity index (χ1n) is 17.3. The first kappa shape index (κ1) is 38.5. The Hall–Kier alpha value is -4.20. The van der Waals surface area contributed by atoms with Crippen LogP contribution in [0.5, 0.6) is 17.2 Å². The van der Waals surface area contributed by atoms with Gasteiger partial charge in [-0.25, -0.2) is 9.78 Å². The molecule has 3 saturated heterocycles. The van der Waals surface area contributed by atoms with Gasteiger partial charge in [0, 0.05) is 24.6 Å². The largest absolute Gasteiger partial charge is 0.493 e. The number of piperidine rings is 3. The summed E-state index contributed by atoms with van der Waals surface area (Å²) in [5.41, 5.74) is 2.72. The number of carbonyl (C=O) groups excluding carboxylic acids is 1. The summed E-state index contributed by atoms with van der Waals surface area (Å²) in [5, 5.41) is 12.4. The van der Waals surface area contributed by atoms with Gasteiger partial charge in [0.2, 0.25) is 6.41 Å². The molecule has 3 fully saturated rings. The van der Waals surface area contributed by atoms with E-state index in [1.165, 1.54) is 11.0 Å². The van der Waals surface area contributed by atoms with Crippen molar-refractivity contribution < 1.29 is 47.4 Å². The number of ether oxygens (including phenoxy) is 5. The number of aromatic amines is 1. The molecule has 3 aliphatic heterocycles. The molecule has 3 aliphatic rings. The van der Waals surface area contributed by atoms with Crippen molar-refractivity contribution in [2.24, 2.45) is 5.92 Å². The third-order valence-corrected chi connectivity index (χ3v) is 10.5. The lowest BCUT2D eigenvalue weighted by Gasteiger charge is -2.46. The predicted molar refractivity (Wildman–Crippen MR) is 195 cm³/mol. The monoisotopic (exact) mass is 772 g/mol. The maximum absolute atomic E-state index is 13.4. The van der Waals surface area contributed by atoms with Gasteiger partial charge in [0.1, 0.15) is 15.8 Å². The first-order valence-corrected chi connectivity index (χ1v) is 18.1. The lowest BCUT2D eigenvalue weighted by atomic mass is 9.86. The van der Waals surface area contributed by atoms with Crippen molar-refractivity contribution in [3.05, 3.63) is 111 Å². The van der Waals surface area contributed by atoms with Crippen LogP contribution in [0.25, 0.3) is 0 Å². The Bertz CT molecular complexity index is 1830. The van der Waals surface area contributed by atoms with E-state index in [9.17, 15) is 18.7 Å². The number of methoxy groups -OCH3 is 2. The highest BCUT2D eigenvalue weighted by atomic mass is 35.5. The van der Waals surface area contributed by atoms with E-state index in [1.54, 1.807) is 75.1 Å². The van der Waals surface area contributed by atoms with Crippen molar-refractivity contribution >= 4 is 34.9 Å². The molecule has 0 spiro atoms. The third-order valence-electron chi connectivity index (χ3n) is 9.83. The fourth-order valence-electron chi connectivity index (χ4n) is 6.97. The third kappa shape index (κ3) is 9.49. The Morgan fingerprint density at radius 3 is 2.30 bits per heavy atom. The van der Waals surface area contributed by atoms with Gasteiger partial charge in [0.15, 0.2) is 23.9 Å². The second kappa shape index (κ2) is 17.7. The zero-order valence-electron chi connectivity index (χ0n) is 29.4. The minimum absolute atomic E-state index is 0.000840. The van der Waals surface area contributed by atoms with E-state index in [4.69, 9.17) is 46.9 Å². The number of nitrogens with one attached hydrogen (secondary N) is 1. The summed E-state index contributed by atoms with van der Waals surface area (Å²) in [6.45, 7) is -0.309. The van der Waals surface area contributed by atoms with Crippen molar-refractivity contribution in [2.75, 3.05) is 45.4 Å². The number of para-hydroxylation sites is 2. The molecule has 1 unspecified atom stereocenters. The van der Waals surface area contributed by atoms with Crippen molar-refractivity contribution in [1.82, 2.24) is 4.90 Å². The second-order valence-electron chi connectivity index (χ2n) is 13.1. The number of aliphatic hydroxyl groups is 1. The van der Waals surface area contributed by atoms with Crippen LogP contribution in [0.1, 0.15) is 45.8 Å². The van der Waals surface area contributed by atoms with Crippen LogP contribution in [-0.4, -0.2) is 75.6 Å². The van der Waals surface area contributed by atoms with Gasteiger partial charge in [-0.3, -0.25) is 0 Å². The average molecular weight is 774 g/mol. The number of anilines is 1. The molecule has 1 aromatic heterocycles. The number of benzene rings is 3. The van der Waals surface area contributed by atoms with Crippen LogP contribution in [0.2, 0.25) is 10.0 Å². The molecule has 3 atom stereocenters. The molecule has 0 radical (unpaired) electrons. The molecule has 2 N–H and O–H groups in total. The number of aliphatic hydroxyl groups excluding tert-OH is 1. The summed E-state index contributed by atoms with van der Waals surface area (Å²) in [7, 11) is 3.09. The number of pyridine rings is 1. The van der Waals surface area contributed by atoms with E-state index < -0.39 is 19.0 Å². The number of rotatable bonds is 16. The van der Waals surface area contributed by atoms with Gasteiger partial charge in [-0.05, 0) is 85.8 Å². The summed E-state index contributed by atoms with van der Waals surface area (Å²) >= 11 is 13.0. The number of alkyl halides is 2. The van der Waals surface area contributed by atoms with E-state index in [-0.39, 0.29) is 36.6 Å². The van der Waals surface area contributed by atoms with Gasteiger partial charge in [0.05, 0.1) is 38.2 Å². The molecule has 3 aromatic carbocycles. The minimum Gasteiger partial charge on any atom is -0.493 e. The van der Waals surface area contributed by atoms with Gasteiger partial charge < -0.3 is 38.6 Å². The van der Waals surface area contributed by atoms with Crippen LogP contribution < -0.4 is 24.1 Å². The van der Waals surface area contributed by atoms with Gasteiger partial charge >= 0.3 is 12.6 Å². The number of fused-ring (bicyclic) bond motifs is 3. The van der Waals surface area contributed by atoms with Crippen LogP contribution in [0.4, 0.5) is 14.5 Å². The highest BCUT2D eigenvalue weighted by Gasteiger charge is 2.37. The Kier molecular flexibility index (Phi) is 12.9. The lowest BCUT2D eigenvalue weighted by Crippen LogP contribution is -2.54. The smallest absolute Gasteiger partial charge is 0.387 e. The van der Waals surface area contributed by atoms with E-state index in [1.807, 2.05) is 12.1 Å². The Labute approximate surface area is 317 Å². The van der Waals surface area contributed by atoms with Crippen LogP contribution in [0, 0.1) is 5.92 Å². The van der Waals surface area contributed by atoms with Crippen LogP contribution in [0.15, 0.2) is 79.1 Å². The van der Waals surface area contributed by atoms with Gasteiger partial charge in [-0.2, -0.15) is 8.78 Å². The number of hydrogen-bond donors (Lipinski definition) is 1. The maximum atomic E-state index is 13.4. The molecule has 282 valence electrons. The lowest BCUT2D eigenvalue weighted by molar-refractivity contribution is -0.377. The Morgan fingerprint density at radius 1 is 0.962 bits per heavy atom. The number of esters is 1.